The largest absolute Gasteiger partial charge is 0.496 e. The van der Waals surface area contributed by atoms with E-state index in [9.17, 15) is 0 Å². The highest BCUT2D eigenvalue weighted by Crippen LogP contribution is 2.31. The molecule has 0 fully saturated rings. The second-order valence-electron chi connectivity index (χ2n) is 3.88. The van der Waals surface area contributed by atoms with Crippen LogP contribution in [-0.4, -0.2) is 12.1 Å². The summed E-state index contributed by atoms with van der Waals surface area (Å²) >= 11 is 5.82. The van der Waals surface area contributed by atoms with Crippen molar-refractivity contribution in [3.8, 4) is 22.9 Å². The molecule has 2 aromatic rings. The van der Waals surface area contributed by atoms with Crippen LogP contribution in [0.25, 0.3) is 11.1 Å². The first-order chi connectivity index (χ1) is 8.65. The van der Waals surface area contributed by atoms with E-state index in [-0.39, 0.29) is 5.15 Å². The number of methoxy groups -OCH3 is 1. The van der Waals surface area contributed by atoms with Crippen LogP contribution in [0.4, 0.5) is 0 Å². The van der Waals surface area contributed by atoms with Gasteiger partial charge in [-0.2, -0.15) is 5.26 Å². The lowest BCUT2D eigenvalue weighted by molar-refractivity contribution is 0.416. The summed E-state index contributed by atoms with van der Waals surface area (Å²) in [5.41, 5.74) is 3.19. The molecule has 0 unspecified atom stereocenters. The lowest BCUT2D eigenvalue weighted by Crippen LogP contribution is -1.91. The fourth-order valence-electron chi connectivity index (χ4n) is 1.72. The summed E-state index contributed by atoms with van der Waals surface area (Å²) in [7, 11) is 1.61. The molecule has 0 spiro atoms. The molecule has 18 heavy (non-hydrogen) atoms. The minimum Gasteiger partial charge on any atom is -0.496 e. The molecule has 90 valence electrons. The van der Waals surface area contributed by atoms with Crippen LogP contribution in [0.1, 0.15) is 11.1 Å². The predicted molar refractivity (Wildman–Crippen MR) is 70.7 cm³/mol. The van der Waals surface area contributed by atoms with E-state index in [1.165, 1.54) is 0 Å². The third-order valence-electron chi connectivity index (χ3n) is 2.63. The number of hydrogen-bond donors (Lipinski definition) is 0. The fraction of sp³-hybridized carbons (Fsp3) is 0.143. The molecule has 0 N–H and O–H groups in total. The Morgan fingerprint density at radius 3 is 2.78 bits per heavy atom. The Bertz CT molecular complexity index is 632. The van der Waals surface area contributed by atoms with E-state index in [1.807, 2.05) is 31.2 Å². The standard InChI is InChI=1S/C14H11ClN2O/c1-9-3-4-13(18-2)12(5-9)11-6-10(7-16)14(15)17-8-11/h3-6,8H,1-2H3. The maximum absolute atomic E-state index is 8.97. The van der Waals surface area contributed by atoms with E-state index in [0.717, 1.165) is 22.4 Å². The maximum Gasteiger partial charge on any atom is 0.146 e. The van der Waals surface area contributed by atoms with Gasteiger partial charge in [-0.25, -0.2) is 4.98 Å². The number of ether oxygens (including phenoxy) is 1. The van der Waals surface area contributed by atoms with Gasteiger partial charge in [0.15, 0.2) is 0 Å². The molecule has 1 aromatic heterocycles. The predicted octanol–water partition coefficient (Wildman–Crippen LogP) is 3.59. The highest BCUT2D eigenvalue weighted by atomic mass is 35.5. The van der Waals surface area contributed by atoms with Crippen LogP contribution >= 0.6 is 11.6 Å². The smallest absolute Gasteiger partial charge is 0.146 e. The van der Waals surface area contributed by atoms with Crippen molar-refractivity contribution in [1.29, 1.82) is 5.26 Å². The zero-order valence-electron chi connectivity index (χ0n) is 10.1. The SMILES string of the molecule is COc1ccc(C)cc1-c1cnc(Cl)c(C#N)c1. The van der Waals surface area contributed by atoms with Crippen LogP contribution in [0, 0.1) is 18.3 Å². The number of aromatic nitrogens is 1. The Morgan fingerprint density at radius 2 is 2.11 bits per heavy atom. The zero-order valence-corrected chi connectivity index (χ0v) is 10.8. The topological polar surface area (TPSA) is 45.9 Å². The molecule has 0 saturated carbocycles. The van der Waals surface area contributed by atoms with Gasteiger partial charge in [-0.05, 0) is 25.1 Å². The lowest BCUT2D eigenvalue weighted by atomic mass is 10.0. The Balaban J connectivity index is 2.62. The van der Waals surface area contributed by atoms with Crippen LogP contribution in [0.15, 0.2) is 30.5 Å². The van der Waals surface area contributed by atoms with Crippen LogP contribution < -0.4 is 4.74 Å². The van der Waals surface area contributed by atoms with Gasteiger partial charge in [0.2, 0.25) is 0 Å². The Labute approximate surface area is 111 Å². The second kappa shape index (κ2) is 5.07. The maximum atomic E-state index is 8.97. The summed E-state index contributed by atoms with van der Waals surface area (Å²) in [5, 5.41) is 9.18. The van der Waals surface area contributed by atoms with Crippen molar-refractivity contribution < 1.29 is 4.74 Å². The molecule has 0 radical (unpaired) electrons. The minimum atomic E-state index is 0.216. The van der Waals surface area contributed by atoms with E-state index >= 15 is 0 Å². The molecule has 0 bridgehead atoms. The number of halogens is 1. The third-order valence-corrected chi connectivity index (χ3v) is 2.93. The van der Waals surface area contributed by atoms with E-state index in [0.29, 0.717) is 5.56 Å². The van der Waals surface area contributed by atoms with Crippen molar-refractivity contribution in [2.24, 2.45) is 0 Å². The molecule has 0 atom stereocenters. The highest BCUT2D eigenvalue weighted by molar-refractivity contribution is 6.30. The quantitative estimate of drug-likeness (QED) is 0.774. The fourth-order valence-corrected chi connectivity index (χ4v) is 1.87. The van der Waals surface area contributed by atoms with Gasteiger partial charge >= 0.3 is 0 Å². The molecule has 2 rings (SSSR count). The monoisotopic (exact) mass is 258 g/mol. The number of nitrogens with zero attached hydrogens (tertiary/aromatic N) is 2. The Morgan fingerprint density at radius 1 is 1.33 bits per heavy atom. The first kappa shape index (κ1) is 12.4. The first-order valence-corrected chi connectivity index (χ1v) is 5.74. The number of benzene rings is 1. The lowest BCUT2D eigenvalue weighted by Gasteiger charge is -2.09. The second-order valence-corrected chi connectivity index (χ2v) is 4.24. The van der Waals surface area contributed by atoms with Gasteiger partial charge in [-0.15, -0.1) is 0 Å². The zero-order chi connectivity index (χ0) is 13.1. The van der Waals surface area contributed by atoms with Crippen molar-refractivity contribution in [1.82, 2.24) is 4.98 Å². The average molecular weight is 259 g/mol. The number of pyridine rings is 1. The van der Waals surface area contributed by atoms with Crippen LogP contribution in [0.2, 0.25) is 5.15 Å². The van der Waals surface area contributed by atoms with Crippen molar-refractivity contribution >= 4 is 11.6 Å². The van der Waals surface area contributed by atoms with Gasteiger partial charge in [0.1, 0.15) is 17.0 Å². The molecular weight excluding hydrogens is 248 g/mol. The minimum absolute atomic E-state index is 0.216. The number of aryl methyl sites for hydroxylation is 1. The van der Waals surface area contributed by atoms with Crippen LogP contribution in [0.5, 0.6) is 5.75 Å². The molecule has 3 nitrogen and oxygen atoms in total. The molecule has 0 saturated heterocycles. The van der Waals surface area contributed by atoms with Gasteiger partial charge in [-0.3, -0.25) is 0 Å². The molecule has 0 aliphatic carbocycles. The summed E-state index contributed by atoms with van der Waals surface area (Å²) in [4.78, 5) is 4.02. The van der Waals surface area contributed by atoms with Gasteiger partial charge in [0.25, 0.3) is 0 Å². The van der Waals surface area contributed by atoms with Crippen molar-refractivity contribution in [3.63, 3.8) is 0 Å². The number of hydrogen-bond acceptors (Lipinski definition) is 3. The summed E-state index contributed by atoms with van der Waals surface area (Å²) in [5.74, 6) is 0.744. The summed E-state index contributed by atoms with van der Waals surface area (Å²) in [6.07, 6.45) is 1.64. The Hall–Kier alpha value is -2.05. The van der Waals surface area contributed by atoms with Crippen LogP contribution in [0.3, 0.4) is 0 Å². The molecule has 4 heteroatoms. The molecular formula is C14H11ClN2O. The highest BCUT2D eigenvalue weighted by Gasteiger charge is 2.09. The number of rotatable bonds is 2. The number of nitriles is 1. The van der Waals surface area contributed by atoms with Crippen LogP contribution in [-0.2, 0) is 0 Å². The summed E-state index contributed by atoms with van der Waals surface area (Å²) in [6, 6.07) is 9.59. The molecule has 1 heterocycles. The van der Waals surface area contributed by atoms with Gasteiger partial charge in [0, 0.05) is 17.3 Å². The van der Waals surface area contributed by atoms with E-state index in [4.69, 9.17) is 21.6 Å². The molecule has 0 aliphatic rings. The average Bonchev–Trinajstić information content (AvgIpc) is 2.39. The third kappa shape index (κ3) is 2.29. The van der Waals surface area contributed by atoms with Crippen molar-refractivity contribution in [2.75, 3.05) is 7.11 Å². The first-order valence-electron chi connectivity index (χ1n) is 5.36. The van der Waals surface area contributed by atoms with E-state index < -0.39 is 0 Å². The summed E-state index contributed by atoms with van der Waals surface area (Å²) in [6.45, 7) is 2.00. The normalized spacial score (nSPS) is 9.89. The Kier molecular flexibility index (Phi) is 3.50. The van der Waals surface area contributed by atoms with E-state index in [2.05, 4.69) is 4.98 Å². The van der Waals surface area contributed by atoms with Gasteiger partial charge in [-0.1, -0.05) is 23.2 Å². The molecule has 0 amide bonds. The van der Waals surface area contributed by atoms with E-state index in [1.54, 1.807) is 19.4 Å². The van der Waals surface area contributed by atoms with Gasteiger partial charge < -0.3 is 4.74 Å². The molecule has 0 aliphatic heterocycles. The van der Waals surface area contributed by atoms with Gasteiger partial charge in [0.05, 0.1) is 12.7 Å². The van der Waals surface area contributed by atoms with Crippen molar-refractivity contribution in [3.05, 3.63) is 46.7 Å². The molecule has 1 aromatic carbocycles. The van der Waals surface area contributed by atoms with Crippen molar-refractivity contribution in [2.45, 2.75) is 6.92 Å². The summed E-state index contributed by atoms with van der Waals surface area (Å²) < 4.78 is 5.31.